The monoisotopic (exact) mass is 306 g/mol. The fourth-order valence-corrected chi connectivity index (χ4v) is 2.31. The van der Waals surface area contributed by atoms with Crippen LogP contribution in [0.25, 0.3) is 0 Å². The molecular weight excluding hydrogens is 280 g/mol. The normalized spacial score (nSPS) is 17.1. The van der Waals surface area contributed by atoms with E-state index in [0.29, 0.717) is 12.5 Å². The van der Waals surface area contributed by atoms with Gasteiger partial charge in [0.05, 0.1) is 0 Å². The second-order valence-electron chi connectivity index (χ2n) is 6.22. The number of amides is 1. The number of rotatable bonds is 8. The maximum absolute atomic E-state index is 12.4. The second-order valence-corrected chi connectivity index (χ2v) is 6.22. The van der Waals surface area contributed by atoms with Gasteiger partial charge in [-0.15, -0.1) is 0 Å². The molecule has 2 rings (SSSR count). The summed E-state index contributed by atoms with van der Waals surface area (Å²) in [5, 5.41) is 2.93. The number of likely N-dealkylation sites (N-methyl/N-ethyl adjacent to an activating group) is 1. The quantitative estimate of drug-likeness (QED) is 0.801. The van der Waals surface area contributed by atoms with Crippen molar-refractivity contribution >= 4 is 11.6 Å². The first-order chi connectivity index (χ1) is 10.5. The Morgan fingerprint density at radius 2 is 1.95 bits per heavy atom. The van der Waals surface area contributed by atoms with E-state index in [1.165, 1.54) is 0 Å². The molecular formula is C17H26N2O3. The molecule has 0 radical (unpaired) electrons. The zero-order valence-electron chi connectivity index (χ0n) is 13.9. The zero-order chi connectivity index (χ0) is 16.2. The first kappa shape index (κ1) is 16.8. The van der Waals surface area contributed by atoms with Crippen LogP contribution in [-0.4, -0.2) is 50.8 Å². The first-order valence-corrected chi connectivity index (χ1v) is 7.70. The Bertz CT molecular complexity index is 497. The molecule has 1 saturated carbocycles. The summed E-state index contributed by atoms with van der Waals surface area (Å²) in [6.07, 6.45) is 2.10. The van der Waals surface area contributed by atoms with E-state index in [-0.39, 0.29) is 5.91 Å². The van der Waals surface area contributed by atoms with E-state index in [4.69, 9.17) is 9.47 Å². The molecule has 5 nitrogen and oxygen atoms in total. The summed E-state index contributed by atoms with van der Waals surface area (Å²) < 4.78 is 11.1. The number of carbonyl (C=O) groups is 1. The number of anilines is 1. The van der Waals surface area contributed by atoms with E-state index in [0.717, 1.165) is 30.8 Å². The Hall–Kier alpha value is -1.59. The predicted octanol–water partition coefficient (Wildman–Crippen LogP) is 2.38. The lowest BCUT2D eigenvalue weighted by atomic mass is 9.99. The number of methoxy groups -OCH3 is 1. The molecule has 0 saturated heterocycles. The molecule has 1 atom stereocenters. The molecule has 22 heavy (non-hydrogen) atoms. The van der Waals surface area contributed by atoms with Gasteiger partial charge >= 0.3 is 0 Å². The van der Waals surface area contributed by atoms with E-state index in [1.807, 2.05) is 45.3 Å². The van der Waals surface area contributed by atoms with Gasteiger partial charge in [-0.1, -0.05) is 0 Å². The lowest BCUT2D eigenvalue weighted by molar-refractivity contribution is -0.138. The van der Waals surface area contributed by atoms with Gasteiger partial charge < -0.3 is 19.7 Å². The van der Waals surface area contributed by atoms with Gasteiger partial charge in [0.25, 0.3) is 5.91 Å². The van der Waals surface area contributed by atoms with Gasteiger partial charge in [-0.2, -0.15) is 0 Å². The Morgan fingerprint density at radius 3 is 2.45 bits per heavy atom. The lowest BCUT2D eigenvalue weighted by Crippen LogP contribution is -2.44. The fraction of sp³-hybridized carbons (Fsp3) is 0.588. The summed E-state index contributed by atoms with van der Waals surface area (Å²) in [7, 11) is 5.61. The maximum atomic E-state index is 12.4. The van der Waals surface area contributed by atoms with Crippen LogP contribution in [0.1, 0.15) is 19.8 Å². The number of ether oxygens (including phenoxy) is 2. The van der Waals surface area contributed by atoms with Crippen molar-refractivity contribution in [3.05, 3.63) is 24.3 Å². The van der Waals surface area contributed by atoms with Crippen LogP contribution in [-0.2, 0) is 9.53 Å². The molecule has 1 amide bonds. The molecule has 1 aromatic carbocycles. The smallest absolute Gasteiger partial charge is 0.256 e. The largest absolute Gasteiger partial charge is 0.492 e. The van der Waals surface area contributed by atoms with Crippen LogP contribution in [0.15, 0.2) is 24.3 Å². The van der Waals surface area contributed by atoms with E-state index in [1.54, 1.807) is 7.11 Å². The van der Waals surface area contributed by atoms with Crippen molar-refractivity contribution in [2.45, 2.75) is 25.4 Å². The van der Waals surface area contributed by atoms with E-state index in [2.05, 4.69) is 10.2 Å². The highest BCUT2D eigenvalue weighted by Gasteiger charge is 2.47. The third-order valence-electron chi connectivity index (χ3n) is 4.15. The number of hydrogen-bond donors (Lipinski definition) is 1. The van der Waals surface area contributed by atoms with E-state index < -0.39 is 5.60 Å². The van der Waals surface area contributed by atoms with Crippen molar-refractivity contribution in [3.63, 3.8) is 0 Å². The van der Waals surface area contributed by atoms with Crippen LogP contribution in [0.5, 0.6) is 5.75 Å². The standard InChI is InChI=1S/C17H26N2O3/c1-17(21-4,13-5-6-13)16(20)18-14-7-9-15(10-8-14)22-12-11-19(2)3/h7-10,13H,5-6,11-12H2,1-4H3,(H,18,20)/t17-/m1/s1. The summed E-state index contributed by atoms with van der Waals surface area (Å²) in [4.78, 5) is 14.5. The van der Waals surface area contributed by atoms with Crippen LogP contribution in [0.3, 0.4) is 0 Å². The summed E-state index contributed by atoms with van der Waals surface area (Å²) in [6, 6.07) is 7.44. The molecule has 0 bridgehead atoms. The third-order valence-corrected chi connectivity index (χ3v) is 4.15. The zero-order valence-corrected chi connectivity index (χ0v) is 13.9. The minimum absolute atomic E-state index is 0.0845. The summed E-state index contributed by atoms with van der Waals surface area (Å²) in [5.74, 6) is 1.04. The Labute approximate surface area is 132 Å². The first-order valence-electron chi connectivity index (χ1n) is 7.70. The SMILES string of the molecule is CO[C@@](C)(C(=O)Nc1ccc(OCCN(C)C)cc1)C1CC1. The summed E-state index contributed by atoms with van der Waals surface area (Å²) >= 11 is 0. The van der Waals surface area contributed by atoms with Crippen LogP contribution < -0.4 is 10.1 Å². The minimum atomic E-state index is -0.735. The molecule has 0 spiro atoms. The minimum Gasteiger partial charge on any atom is -0.492 e. The number of carbonyl (C=O) groups excluding carboxylic acids is 1. The fourth-order valence-electron chi connectivity index (χ4n) is 2.31. The molecule has 1 aromatic rings. The Morgan fingerprint density at radius 1 is 1.32 bits per heavy atom. The van der Waals surface area contributed by atoms with Crippen molar-refractivity contribution in [2.75, 3.05) is 39.7 Å². The number of benzene rings is 1. The molecule has 0 heterocycles. The van der Waals surface area contributed by atoms with Gasteiger partial charge in [0.15, 0.2) is 0 Å². The van der Waals surface area contributed by atoms with Gasteiger partial charge in [0.1, 0.15) is 18.0 Å². The van der Waals surface area contributed by atoms with Gasteiger partial charge in [-0.05, 0) is 64.0 Å². The predicted molar refractivity (Wildman–Crippen MR) is 87.3 cm³/mol. The molecule has 5 heteroatoms. The molecule has 122 valence electrons. The molecule has 1 aliphatic carbocycles. The molecule has 0 aromatic heterocycles. The number of hydrogen-bond acceptors (Lipinski definition) is 4. The lowest BCUT2D eigenvalue weighted by Gasteiger charge is -2.26. The highest BCUT2D eigenvalue weighted by Crippen LogP contribution is 2.42. The van der Waals surface area contributed by atoms with Gasteiger partial charge in [0, 0.05) is 19.3 Å². The van der Waals surface area contributed by atoms with Crippen molar-refractivity contribution in [3.8, 4) is 5.75 Å². The maximum Gasteiger partial charge on any atom is 0.256 e. The Kier molecular flexibility index (Phi) is 5.42. The Balaban J connectivity index is 1.89. The average molecular weight is 306 g/mol. The van der Waals surface area contributed by atoms with Crippen LogP contribution >= 0.6 is 0 Å². The van der Waals surface area contributed by atoms with Gasteiger partial charge in [-0.25, -0.2) is 0 Å². The highest BCUT2D eigenvalue weighted by molar-refractivity contribution is 5.97. The van der Waals surface area contributed by atoms with Gasteiger partial charge in [0.2, 0.25) is 0 Å². The molecule has 1 fully saturated rings. The molecule has 1 aliphatic rings. The van der Waals surface area contributed by atoms with Crippen LogP contribution in [0.4, 0.5) is 5.69 Å². The topological polar surface area (TPSA) is 50.8 Å². The number of nitrogens with one attached hydrogen (secondary N) is 1. The van der Waals surface area contributed by atoms with E-state index in [9.17, 15) is 4.79 Å². The molecule has 0 aliphatic heterocycles. The van der Waals surface area contributed by atoms with Crippen molar-refractivity contribution < 1.29 is 14.3 Å². The summed E-state index contributed by atoms with van der Waals surface area (Å²) in [6.45, 7) is 3.37. The van der Waals surface area contributed by atoms with Crippen LogP contribution in [0, 0.1) is 5.92 Å². The second kappa shape index (κ2) is 7.11. The van der Waals surface area contributed by atoms with E-state index >= 15 is 0 Å². The molecule has 0 unspecified atom stereocenters. The van der Waals surface area contributed by atoms with Crippen molar-refractivity contribution in [1.29, 1.82) is 0 Å². The third kappa shape index (κ3) is 4.21. The molecule has 1 N–H and O–H groups in total. The van der Waals surface area contributed by atoms with Crippen LogP contribution in [0.2, 0.25) is 0 Å². The summed E-state index contributed by atoms with van der Waals surface area (Å²) in [5.41, 5.74) is 0.0230. The van der Waals surface area contributed by atoms with Crippen molar-refractivity contribution in [1.82, 2.24) is 4.90 Å². The van der Waals surface area contributed by atoms with Crippen molar-refractivity contribution in [2.24, 2.45) is 5.92 Å². The highest BCUT2D eigenvalue weighted by atomic mass is 16.5. The van der Waals surface area contributed by atoms with Gasteiger partial charge in [-0.3, -0.25) is 4.79 Å². The number of nitrogens with zero attached hydrogens (tertiary/aromatic N) is 1. The average Bonchev–Trinajstić information content (AvgIpc) is 3.33.